The average Bonchev–Trinajstić information content (AvgIpc) is 2.89. The predicted octanol–water partition coefficient (Wildman–Crippen LogP) is 2.25. The van der Waals surface area contributed by atoms with Crippen molar-refractivity contribution in [1.82, 2.24) is 4.98 Å². The second-order valence-electron chi connectivity index (χ2n) is 3.11. The number of hydrogen-bond acceptors (Lipinski definition) is 4. The smallest absolute Gasteiger partial charge is 0.0811 e. The molecule has 86 valence electrons. The lowest BCUT2D eigenvalue weighted by molar-refractivity contribution is 0.134. The van der Waals surface area contributed by atoms with Gasteiger partial charge in [0.1, 0.15) is 0 Å². The zero-order chi connectivity index (χ0) is 11.6. The summed E-state index contributed by atoms with van der Waals surface area (Å²) in [5, 5.41) is 19.8. The summed E-state index contributed by atoms with van der Waals surface area (Å²) in [6, 6.07) is 9.33. The highest BCUT2D eigenvalue weighted by Crippen LogP contribution is 2.14. The van der Waals surface area contributed by atoms with Gasteiger partial charge in [-0.3, -0.25) is 4.98 Å². The standard InChI is InChI=1S/C9H12O2.C3H3NS/c10-7-6-9(11)8-4-2-1-3-5-8;1-2-5-3-4-1/h1-5,9-11H,6-7H2;1-3H. The van der Waals surface area contributed by atoms with Crippen LogP contribution in [0.1, 0.15) is 18.1 Å². The van der Waals surface area contributed by atoms with Gasteiger partial charge in [-0.2, -0.15) is 0 Å². The number of rotatable bonds is 3. The van der Waals surface area contributed by atoms with E-state index in [1.165, 1.54) is 0 Å². The molecule has 1 heterocycles. The molecule has 0 spiro atoms. The maximum atomic E-state index is 9.36. The SMILES string of the molecule is OCCC(O)c1ccccc1.c1cscn1. The summed E-state index contributed by atoms with van der Waals surface area (Å²) >= 11 is 1.60. The summed E-state index contributed by atoms with van der Waals surface area (Å²) in [4.78, 5) is 3.74. The van der Waals surface area contributed by atoms with Crippen LogP contribution in [0.15, 0.2) is 47.4 Å². The summed E-state index contributed by atoms with van der Waals surface area (Å²) in [5.41, 5.74) is 2.65. The van der Waals surface area contributed by atoms with Crippen LogP contribution in [0.3, 0.4) is 0 Å². The van der Waals surface area contributed by atoms with E-state index in [1.807, 2.05) is 35.7 Å². The molecular formula is C12H15NO2S. The van der Waals surface area contributed by atoms with Crippen LogP contribution in [0.2, 0.25) is 0 Å². The Balaban J connectivity index is 0.000000212. The fourth-order valence-electron chi connectivity index (χ4n) is 1.14. The molecule has 3 nitrogen and oxygen atoms in total. The molecule has 1 atom stereocenters. The fraction of sp³-hybridized carbons (Fsp3) is 0.250. The van der Waals surface area contributed by atoms with Crippen molar-refractivity contribution in [3.8, 4) is 0 Å². The summed E-state index contributed by atoms with van der Waals surface area (Å²) in [6.45, 7) is 0.0239. The Labute approximate surface area is 99.0 Å². The van der Waals surface area contributed by atoms with Crippen LogP contribution in [0, 0.1) is 0 Å². The molecule has 0 aliphatic carbocycles. The van der Waals surface area contributed by atoms with Crippen molar-refractivity contribution in [2.45, 2.75) is 12.5 Å². The van der Waals surface area contributed by atoms with E-state index < -0.39 is 6.10 Å². The molecular weight excluding hydrogens is 222 g/mol. The number of nitrogens with zero attached hydrogens (tertiary/aromatic N) is 1. The van der Waals surface area contributed by atoms with Crippen molar-refractivity contribution >= 4 is 11.3 Å². The third-order valence-corrected chi connectivity index (χ3v) is 2.46. The van der Waals surface area contributed by atoms with Gasteiger partial charge in [-0.05, 0) is 5.56 Å². The van der Waals surface area contributed by atoms with Crippen molar-refractivity contribution in [1.29, 1.82) is 0 Å². The van der Waals surface area contributed by atoms with Gasteiger partial charge < -0.3 is 10.2 Å². The Kier molecular flexibility index (Phi) is 6.41. The number of aliphatic hydroxyl groups excluding tert-OH is 2. The van der Waals surface area contributed by atoms with Gasteiger partial charge in [0.05, 0.1) is 11.6 Å². The highest BCUT2D eigenvalue weighted by molar-refractivity contribution is 7.07. The molecule has 0 saturated heterocycles. The van der Waals surface area contributed by atoms with Gasteiger partial charge in [-0.1, -0.05) is 30.3 Å². The van der Waals surface area contributed by atoms with Crippen LogP contribution in [-0.4, -0.2) is 21.8 Å². The van der Waals surface area contributed by atoms with Gasteiger partial charge in [-0.15, -0.1) is 11.3 Å². The van der Waals surface area contributed by atoms with Crippen LogP contribution >= 0.6 is 11.3 Å². The average molecular weight is 237 g/mol. The molecule has 0 bridgehead atoms. The predicted molar refractivity (Wildman–Crippen MR) is 65.2 cm³/mol. The number of benzene rings is 1. The minimum absolute atomic E-state index is 0.0239. The Bertz CT molecular complexity index is 333. The third-order valence-electron chi connectivity index (χ3n) is 1.93. The highest BCUT2D eigenvalue weighted by Gasteiger charge is 2.03. The molecule has 4 heteroatoms. The number of thiazole rings is 1. The van der Waals surface area contributed by atoms with E-state index in [2.05, 4.69) is 4.98 Å². The lowest BCUT2D eigenvalue weighted by atomic mass is 10.1. The molecule has 1 unspecified atom stereocenters. The van der Waals surface area contributed by atoms with E-state index in [-0.39, 0.29) is 6.61 Å². The third kappa shape index (κ3) is 5.02. The number of hydrogen-bond donors (Lipinski definition) is 2. The van der Waals surface area contributed by atoms with Crippen molar-refractivity contribution in [2.24, 2.45) is 0 Å². The summed E-state index contributed by atoms with van der Waals surface area (Å²) < 4.78 is 0. The maximum absolute atomic E-state index is 9.36. The topological polar surface area (TPSA) is 53.4 Å². The minimum Gasteiger partial charge on any atom is -0.396 e. The molecule has 2 N–H and O–H groups in total. The van der Waals surface area contributed by atoms with Crippen molar-refractivity contribution in [3.63, 3.8) is 0 Å². The number of aromatic nitrogens is 1. The van der Waals surface area contributed by atoms with Gasteiger partial charge in [-0.25, -0.2) is 0 Å². The zero-order valence-corrected chi connectivity index (χ0v) is 9.68. The van der Waals surface area contributed by atoms with Crippen molar-refractivity contribution < 1.29 is 10.2 Å². The first-order valence-electron chi connectivity index (χ1n) is 5.00. The first-order chi connectivity index (χ1) is 7.84. The molecule has 1 aromatic carbocycles. The second kappa shape index (κ2) is 7.98. The lowest BCUT2D eigenvalue weighted by Crippen LogP contribution is -1.99. The second-order valence-corrected chi connectivity index (χ2v) is 3.87. The quantitative estimate of drug-likeness (QED) is 0.860. The molecule has 1 aromatic heterocycles. The van der Waals surface area contributed by atoms with Gasteiger partial charge in [0.2, 0.25) is 0 Å². The zero-order valence-electron chi connectivity index (χ0n) is 8.86. The van der Waals surface area contributed by atoms with Gasteiger partial charge in [0.25, 0.3) is 0 Å². The van der Waals surface area contributed by atoms with E-state index in [0.717, 1.165) is 5.56 Å². The molecule has 0 amide bonds. The molecule has 0 saturated carbocycles. The van der Waals surface area contributed by atoms with E-state index in [4.69, 9.17) is 5.11 Å². The van der Waals surface area contributed by atoms with Crippen LogP contribution in [0.4, 0.5) is 0 Å². The fourth-order valence-corrected chi connectivity index (χ4v) is 1.49. The minimum atomic E-state index is -0.527. The molecule has 0 aliphatic rings. The molecule has 0 radical (unpaired) electrons. The molecule has 0 fully saturated rings. The van der Waals surface area contributed by atoms with Gasteiger partial charge in [0.15, 0.2) is 0 Å². The maximum Gasteiger partial charge on any atom is 0.0811 e. The normalized spacial score (nSPS) is 11.4. The van der Waals surface area contributed by atoms with Crippen molar-refractivity contribution in [2.75, 3.05) is 6.61 Å². The van der Waals surface area contributed by atoms with Crippen LogP contribution < -0.4 is 0 Å². The van der Waals surface area contributed by atoms with Crippen molar-refractivity contribution in [3.05, 3.63) is 53.0 Å². The van der Waals surface area contributed by atoms with Crippen LogP contribution in [0.25, 0.3) is 0 Å². The van der Waals surface area contributed by atoms with E-state index in [1.54, 1.807) is 23.0 Å². The highest BCUT2D eigenvalue weighted by atomic mass is 32.1. The van der Waals surface area contributed by atoms with E-state index in [9.17, 15) is 5.11 Å². The Morgan fingerprint density at radius 2 is 2.00 bits per heavy atom. The van der Waals surface area contributed by atoms with E-state index in [0.29, 0.717) is 6.42 Å². The molecule has 16 heavy (non-hydrogen) atoms. The summed E-state index contributed by atoms with van der Waals surface area (Å²) in [7, 11) is 0. The Morgan fingerprint density at radius 1 is 1.25 bits per heavy atom. The Hall–Kier alpha value is -1.23. The number of aliphatic hydroxyl groups is 2. The largest absolute Gasteiger partial charge is 0.396 e. The summed E-state index contributed by atoms with van der Waals surface area (Å²) in [5.74, 6) is 0. The van der Waals surface area contributed by atoms with Gasteiger partial charge in [0, 0.05) is 24.6 Å². The molecule has 2 aromatic rings. The monoisotopic (exact) mass is 237 g/mol. The first kappa shape index (κ1) is 12.8. The van der Waals surface area contributed by atoms with E-state index >= 15 is 0 Å². The summed E-state index contributed by atoms with van der Waals surface area (Å²) in [6.07, 6.45) is 1.65. The van der Waals surface area contributed by atoms with Crippen LogP contribution in [-0.2, 0) is 0 Å². The first-order valence-corrected chi connectivity index (χ1v) is 5.95. The molecule has 0 aliphatic heterocycles. The Morgan fingerprint density at radius 3 is 2.44 bits per heavy atom. The lowest BCUT2D eigenvalue weighted by Gasteiger charge is -2.07. The molecule has 2 rings (SSSR count). The van der Waals surface area contributed by atoms with Crippen LogP contribution in [0.5, 0.6) is 0 Å². The van der Waals surface area contributed by atoms with Gasteiger partial charge >= 0.3 is 0 Å².